The van der Waals surface area contributed by atoms with Crippen LogP contribution in [0.4, 0.5) is 0 Å². The minimum absolute atomic E-state index is 0.131. The lowest BCUT2D eigenvalue weighted by Gasteiger charge is -2.18. The van der Waals surface area contributed by atoms with Crippen molar-refractivity contribution < 1.29 is 9.53 Å². The number of carbonyl (C=O) groups is 1. The van der Waals surface area contributed by atoms with Crippen LogP contribution in [0.5, 0.6) is 0 Å². The fourth-order valence-electron chi connectivity index (χ4n) is 1.35. The lowest BCUT2D eigenvalue weighted by Crippen LogP contribution is -2.35. The molecule has 0 aliphatic rings. The number of hydrogen-bond donors (Lipinski definition) is 1. The maximum absolute atomic E-state index is 11.6. The highest BCUT2D eigenvalue weighted by Gasteiger charge is 2.19. The van der Waals surface area contributed by atoms with E-state index in [4.69, 9.17) is 4.74 Å². The molecule has 3 heteroatoms. The summed E-state index contributed by atoms with van der Waals surface area (Å²) in [5, 5.41) is 2.96. The van der Waals surface area contributed by atoms with Crippen LogP contribution in [0.25, 0.3) is 0 Å². The summed E-state index contributed by atoms with van der Waals surface area (Å²) in [6, 6.07) is 0. The zero-order valence-electron chi connectivity index (χ0n) is 13.1. The van der Waals surface area contributed by atoms with Gasteiger partial charge in [-0.3, -0.25) is 4.79 Å². The summed E-state index contributed by atoms with van der Waals surface area (Å²) in [4.78, 5) is 11.6. The summed E-state index contributed by atoms with van der Waals surface area (Å²) in [6.45, 7) is 14.7. The average Bonchev–Trinajstić information content (AvgIpc) is 2.18. The van der Waals surface area contributed by atoms with Gasteiger partial charge in [0.05, 0.1) is 6.61 Å². The van der Waals surface area contributed by atoms with E-state index in [0.717, 1.165) is 39.0 Å². The third kappa shape index (κ3) is 10.6. The van der Waals surface area contributed by atoms with Crippen molar-refractivity contribution in [2.75, 3.05) is 19.8 Å². The molecule has 1 amide bonds. The molecule has 0 saturated carbocycles. The Morgan fingerprint density at radius 3 is 2.11 bits per heavy atom. The fraction of sp³-hybridized carbons (Fsp3) is 0.933. The number of carbonyl (C=O) groups excluding carboxylic acids is 1. The first-order chi connectivity index (χ1) is 8.13. The Balaban J connectivity index is 3.35. The highest BCUT2D eigenvalue weighted by molar-refractivity contribution is 5.81. The second-order valence-electron chi connectivity index (χ2n) is 7.18. The topological polar surface area (TPSA) is 38.3 Å². The molecule has 0 aromatic heterocycles. The van der Waals surface area contributed by atoms with Crippen molar-refractivity contribution in [3.8, 4) is 0 Å². The summed E-state index contributed by atoms with van der Waals surface area (Å²) in [5.74, 6) is 0.131. The van der Waals surface area contributed by atoms with Crippen LogP contribution >= 0.6 is 0 Å². The summed E-state index contributed by atoms with van der Waals surface area (Å²) in [5.41, 5.74) is -0.0312. The Morgan fingerprint density at radius 1 is 1.00 bits per heavy atom. The molecule has 0 radical (unpaired) electrons. The summed E-state index contributed by atoms with van der Waals surface area (Å²) in [7, 11) is 0. The number of hydrogen-bond acceptors (Lipinski definition) is 2. The molecule has 0 aliphatic heterocycles. The van der Waals surface area contributed by atoms with Crippen LogP contribution in [0.2, 0.25) is 0 Å². The molecule has 0 unspecified atom stereocenters. The van der Waals surface area contributed by atoms with Gasteiger partial charge in [0.1, 0.15) is 0 Å². The van der Waals surface area contributed by atoms with Crippen LogP contribution in [0.15, 0.2) is 0 Å². The smallest absolute Gasteiger partial charge is 0.225 e. The molecule has 3 nitrogen and oxygen atoms in total. The van der Waals surface area contributed by atoms with Gasteiger partial charge in [-0.2, -0.15) is 0 Å². The number of ether oxygens (including phenoxy) is 1. The fourth-order valence-corrected chi connectivity index (χ4v) is 1.35. The Bertz CT molecular complexity index is 236. The van der Waals surface area contributed by atoms with Crippen molar-refractivity contribution in [2.45, 2.75) is 60.8 Å². The van der Waals surface area contributed by atoms with Crippen molar-refractivity contribution in [1.82, 2.24) is 5.32 Å². The molecule has 0 atom stereocenters. The van der Waals surface area contributed by atoms with E-state index in [-0.39, 0.29) is 16.7 Å². The summed E-state index contributed by atoms with van der Waals surface area (Å²) >= 11 is 0. The van der Waals surface area contributed by atoms with Gasteiger partial charge in [-0.15, -0.1) is 0 Å². The second-order valence-corrected chi connectivity index (χ2v) is 7.18. The zero-order chi connectivity index (χ0) is 14.2. The van der Waals surface area contributed by atoms with Gasteiger partial charge in [-0.05, 0) is 24.7 Å². The lowest BCUT2D eigenvalue weighted by atomic mass is 9.96. The van der Waals surface area contributed by atoms with E-state index in [2.05, 4.69) is 26.1 Å². The molecular weight excluding hydrogens is 226 g/mol. The van der Waals surface area contributed by atoms with Crippen molar-refractivity contribution in [2.24, 2.45) is 10.8 Å². The maximum Gasteiger partial charge on any atom is 0.225 e. The lowest BCUT2D eigenvalue weighted by molar-refractivity contribution is -0.128. The molecule has 0 fully saturated rings. The van der Waals surface area contributed by atoms with Gasteiger partial charge in [0.15, 0.2) is 0 Å². The highest BCUT2D eigenvalue weighted by Crippen LogP contribution is 2.13. The molecule has 1 N–H and O–H groups in total. The monoisotopic (exact) mass is 257 g/mol. The first-order valence-corrected chi connectivity index (χ1v) is 6.99. The number of amides is 1. The third-order valence-corrected chi connectivity index (χ3v) is 2.47. The molecule has 0 bridgehead atoms. The first kappa shape index (κ1) is 17.4. The van der Waals surface area contributed by atoms with Gasteiger partial charge in [0.25, 0.3) is 0 Å². The SMILES string of the molecule is CC(C)(C)COCCCCCNC(=O)C(C)(C)C. The standard InChI is InChI=1S/C15H31NO2/c1-14(2,3)12-18-11-9-7-8-10-16-13(17)15(4,5)6/h7-12H2,1-6H3,(H,16,17). The van der Waals surface area contributed by atoms with E-state index in [1.165, 1.54) is 0 Å². The van der Waals surface area contributed by atoms with Crippen LogP contribution in [0, 0.1) is 10.8 Å². The van der Waals surface area contributed by atoms with Crippen LogP contribution in [0.1, 0.15) is 60.8 Å². The Hall–Kier alpha value is -0.570. The van der Waals surface area contributed by atoms with Crippen LogP contribution in [-0.2, 0) is 9.53 Å². The number of nitrogens with one attached hydrogen (secondary N) is 1. The van der Waals surface area contributed by atoms with Gasteiger partial charge >= 0.3 is 0 Å². The molecule has 0 heterocycles. The largest absolute Gasteiger partial charge is 0.381 e. The molecule has 0 aliphatic carbocycles. The van der Waals surface area contributed by atoms with E-state index >= 15 is 0 Å². The van der Waals surface area contributed by atoms with Crippen LogP contribution in [0.3, 0.4) is 0 Å². The molecule has 0 spiro atoms. The van der Waals surface area contributed by atoms with Crippen molar-refractivity contribution in [3.05, 3.63) is 0 Å². The minimum atomic E-state index is -0.282. The van der Waals surface area contributed by atoms with Crippen LogP contribution < -0.4 is 5.32 Å². The second kappa shape index (κ2) is 7.78. The van der Waals surface area contributed by atoms with E-state index < -0.39 is 0 Å². The number of rotatable bonds is 7. The van der Waals surface area contributed by atoms with Gasteiger partial charge in [0, 0.05) is 18.6 Å². The Kier molecular flexibility index (Phi) is 7.53. The molecule has 0 aromatic carbocycles. The zero-order valence-corrected chi connectivity index (χ0v) is 13.1. The van der Waals surface area contributed by atoms with Gasteiger partial charge in [-0.25, -0.2) is 0 Å². The van der Waals surface area contributed by atoms with Gasteiger partial charge < -0.3 is 10.1 Å². The molecular formula is C15H31NO2. The summed E-state index contributed by atoms with van der Waals surface area (Å²) < 4.78 is 5.59. The molecule has 0 aromatic rings. The third-order valence-electron chi connectivity index (χ3n) is 2.47. The highest BCUT2D eigenvalue weighted by atomic mass is 16.5. The minimum Gasteiger partial charge on any atom is -0.381 e. The quantitative estimate of drug-likeness (QED) is 0.710. The number of unbranched alkanes of at least 4 members (excludes halogenated alkanes) is 2. The Labute approximate surface area is 113 Å². The molecule has 18 heavy (non-hydrogen) atoms. The van der Waals surface area contributed by atoms with E-state index in [1.807, 2.05) is 20.8 Å². The molecule has 108 valence electrons. The maximum atomic E-state index is 11.6. The first-order valence-electron chi connectivity index (χ1n) is 6.99. The van der Waals surface area contributed by atoms with E-state index in [1.54, 1.807) is 0 Å². The van der Waals surface area contributed by atoms with Crippen molar-refractivity contribution in [1.29, 1.82) is 0 Å². The van der Waals surface area contributed by atoms with Crippen LogP contribution in [-0.4, -0.2) is 25.7 Å². The van der Waals surface area contributed by atoms with Gasteiger partial charge in [0.2, 0.25) is 5.91 Å². The summed E-state index contributed by atoms with van der Waals surface area (Å²) in [6.07, 6.45) is 3.21. The molecule has 0 rings (SSSR count). The normalized spacial score (nSPS) is 12.6. The predicted molar refractivity (Wildman–Crippen MR) is 76.6 cm³/mol. The van der Waals surface area contributed by atoms with E-state index in [0.29, 0.717) is 0 Å². The van der Waals surface area contributed by atoms with Crippen molar-refractivity contribution >= 4 is 5.91 Å². The van der Waals surface area contributed by atoms with E-state index in [9.17, 15) is 4.79 Å². The van der Waals surface area contributed by atoms with Crippen molar-refractivity contribution in [3.63, 3.8) is 0 Å². The average molecular weight is 257 g/mol. The Morgan fingerprint density at radius 2 is 1.61 bits per heavy atom. The van der Waals surface area contributed by atoms with Gasteiger partial charge in [-0.1, -0.05) is 41.5 Å². The predicted octanol–water partition coefficient (Wildman–Crippen LogP) is 3.38. The molecule has 0 saturated heterocycles.